The molecule has 0 amide bonds. The number of hydrogen-bond donors (Lipinski definition) is 2. The van der Waals surface area contributed by atoms with Crippen molar-refractivity contribution in [3.8, 4) is 11.1 Å². The van der Waals surface area contributed by atoms with Gasteiger partial charge in [-0.3, -0.25) is 20.3 Å². The van der Waals surface area contributed by atoms with Crippen molar-refractivity contribution in [3.63, 3.8) is 0 Å². The summed E-state index contributed by atoms with van der Waals surface area (Å²) < 4.78 is 3.90. The highest BCUT2D eigenvalue weighted by molar-refractivity contribution is 5.82. The summed E-state index contributed by atoms with van der Waals surface area (Å²) in [5, 5.41) is 15.3. The van der Waals surface area contributed by atoms with Crippen LogP contribution in [0.4, 0.5) is 0 Å². The van der Waals surface area contributed by atoms with Gasteiger partial charge in [0.25, 0.3) is 0 Å². The second-order valence-electron chi connectivity index (χ2n) is 7.59. The molecular formula is C21H24N6. The lowest BCUT2D eigenvalue weighted by Crippen LogP contribution is -2.41. The quantitative estimate of drug-likeness (QED) is 0.557. The van der Waals surface area contributed by atoms with E-state index in [0.717, 1.165) is 55.1 Å². The van der Waals surface area contributed by atoms with Crippen molar-refractivity contribution in [2.75, 3.05) is 13.1 Å². The van der Waals surface area contributed by atoms with Gasteiger partial charge >= 0.3 is 0 Å². The first-order valence-electron chi connectivity index (χ1n) is 9.74. The Labute approximate surface area is 158 Å². The number of rotatable bonds is 3. The van der Waals surface area contributed by atoms with Crippen LogP contribution >= 0.6 is 0 Å². The van der Waals surface area contributed by atoms with Crippen LogP contribution in [0.25, 0.3) is 22.2 Å². The molecule has 2 aliphatic rings. The third-order valence-electron chi connectivity index (χ3n) is 6.10. The zero-order chi connectivity index (χ0) is 18.4. The third-order valence-corrected chi connectivity index (χ3v) is 6.10. The maximum absolute atomic E-state index is 7.83. The molecule has 5 rings (SSSR count). The van der Waals surface area contributed by atoms with Gasteiger partial charge < -0.3 is 4.57 Å². The standard InChI is InChI=1S/C21H24N6/c22-14-26-13-16(5-7-20(26)23)15-4-6-19-18(12-15)24-21-8-9-25(10-11-27(19)21)17-2-1-3-17/h4-7,12-14,17,22-23H,1-3,8-11H2. The maximum Gasteiger partial charge on any atom is 0.130 e. The summed E-state index contributed by atoms with van der Waals surface area (Å²) in [5.41, 5.74) is 4.62. The molecule has 1 fully saturated rings. The Kier molecular flexibility index (Phi) is 3.93. The van der Waals surface area contributed by atoms with Gasteiger partial charge in [-0.2, -0.15) is 0 Å². The Bertz CT molecular complexity index is 1070. The molecule has 0 atom stereocenters. The molecule has 0 bridgehead atoms. The molecule has 3 heterocycles. The number of nitrogens with one attached hydrogen (secondary N) is 2. The van der Waals surface area contributed by atoms with E-state index < -0.39 is 0 Å². The zero-order valence-electron chi connectivity index (χ0n) is 15.4. The largest absolute Gasteiger partial charge is 0.327 e. The van der Waals surface area contributed by atoms with Crippen LogP contribution < -0.4 is 5.49 Å². The molecule has 1 saturated carbocycles. The third kappa shape index (κ3) is 2.80. The van der Waals surface area contributed by atoms with Crippen LogP contribution in [0.1, 0.15) is 25.1 Å². The SMILES string of the molecule is N=Cn1cc(-c2ccc3c(c2)nc2n3CCN(C3CCC3)CC2)ccc1=N. The second kappa shape index (κ2) is 6.46. The number of nitrogens with zero attached hydrogens (tertiary/aromatic N) is 4. The molecule has 1 aromatic carbocycles. The molecular weight excluding hydrogens is 336 g/mol. The van der Waals surface area contributed by atoms with Crippen molar-refractivity contribution in [3.05, 3.63) is 47.8 Å². The van der Waals surface area contributed by atoms with Crippen molar-refractivity contribution in [1.29, 1.82) is 10.8 Å². The van der Waals surface area contributed by atoms with Crippen LogP contribution in [0, 0.1) is 10.8 Å². The first-order valence-corrected chi connectivity index (χ1v) is 9.74. The van der Waals surface area contributed by atoms with Crippen molar-refractivity contribution in [2.45, 2.75) is 38.3 Å². The second-order valence-corrected chi connectivity index (χ2v) is 7.59. The lowest BCUT2D eigenvalue weighted by atomic mass is 9.91. The smallest absolute Gasteiger partial charge is 0.130 e. The minimum atomic E-state index is 0.305. The molecule has 0 spiro atoms. The first-order chi connectivity index (χ1) is 13.2. The average Bonchev–Trinajstić information content (AvgIpc) is 2.87. The van der Waals surface area contributed by atoms with E-state index in [1.165, 1.54) is 35.2 Å². The number of pyridine rings is 1. The summed E-state index contributed by atoms with van der Waals surface area (Å²) in [6, 6.07) is 10.9. The Balaban J connectivity index is 1.48. The van der Waals surface area contributed by atoms with Gasteiger partial charge in [-0.1, -0.05) is 12.5 Å². The molecule has 2 aromatic heterocycles. The Morgan fingerprint density at radius 1 is 1.04 bits per heavy atom. The Morgan fingerprint density at radius 3 is 2.67 bits per heavy atom. The number of benzene rings is 1. The van der Waals surface area contributed by atoms with E-state index in [0.29, 0.717) is 5.49 Å². The van der Waals surface area contributed by atoms with Crippen molar-refractivity contribution in [2.24, 2.45) is 0 Å². The van der Waals surface area contributed by atoms with E-state index >= 15 is 0 Å². The Hall–Kier alpha value is -2.73. The Morgan fingerprint density at radius 2 is 1.89 bits per heavy atom. The van der Waals surface area contributed by atoms with Gasteiger partial charge in [0.05, 0.1) is 17.4 Å². The number of hydrogen-bond acceptors (Lipinski definition) is 4. The van der Waals surface area contributed by atoms with Crippen LogP contribution in [0.5, 0.6) is 0 Å². The number of fused-ring (bicyclic) bond motifs is 3. The maximum atomic E-state index is 7.83. The summed E-state index contributed by atoms with van der Waals surface area (Å²) in [5.74, 6) is 1.19. The minimum absolute atomic E-state index is 0.305. The fourth-order valence-corrected chi connectivity index (χ4v) is 4.30. The molecule has 1 aliphatic heterocycles. The van der Waals surface area contributed by atoms with Crippen LogP contribution in [0.15, 0.2) is 36.5 Å². The molecule has 0 radical (unpaired) electrons. The lowest BCUT2D eigenvalue weighted by molar-refractivity contribution is 0.130. The van der Waals surface area contributed by atoms with E-state index in [1.807, 2.05) is 12.3 Å². The van der Waals surface area contributed by atoms with Crippen molar-refractivity contribution < 1.29 is 0 Å². The normalized spacial score (nSPS) is 18.1. The van der Waals surface area contributed by atoms with E-state index in [-0.39, 0.29) is 0 Å². The van der Waals surface area contributed by atoms with Crippen molar-refractivity contribution >= 4 is 17.4 Å². The summed E-state index contributed by atoms with van der Waals surface area (Å²) in [7, 11) is 0. The highest BCUT2D eigenvalue weighted by Gasteiger charge is 2.27. The summed E-state index contributed by atoms with van der Waals surface area (Å²) in [6.07, 6.45) is 8.11. The van der Waals surface area contributed by atoms with Gasteiger partial charge in [0.2, 0.25) is 0 Å². The average molecular weight is 360 g/mol. The van der Waals surface area contributed by atoms with Crippen LogP contribution in [-0.2, 0) is 13.0 Å². The van der Waals surface area contributed by atoms with Gasteiger partial charge in [-0.25, -0.2) is 4.98 Å². The fraction of sp³-hybridized carbons (Fsp3) is 0.381. The molecule has 2 N–H and O–H groups in total. The molecule has 27 heavy (non-hydrogen) atoms. The van der Waals surface area contributed by atoms with Gasteiger partial charge in [0.15, 0.2) is 0 Å². The molecule has 138 valence electrons. The van der Waals surface area contributed by atoms with Crippen LogP contribution in [0.3, 0.4) is 0 Å². The zero-order valence-corrected chi connectivity index (χ0v) is 15.4. The van der Waals surface area contributed by atoms with Gasteiger partial charge in [0.1, 0.15) is 11.3 Å². The molecule has 1 aliphatic carbocycles. The molecule has 6 heteroatoms. The monoisotopic (exact) mass is 360 g/mol. The summed E-state index contributed by atoms with van der Waals surface area (Å²) >= 11 is 0. The predicted molar refractivity (Wildman–Crippen MR) is 106 cm³/mol. The molecule has 3 aromatic rings. The highest BCUT2D eigenvalue weighted by atomic mass is 15.2. The van der Waals surface area contributed by atoms with E-state index in [4.69, 9.17) is 15.8 Å². The first kappa shape index (κ1) is 16.4. The summed E-state index contributed by atoms with van der Waals surface area (Å²) in [6.45, 7) is 3.25. The number of imidazole rings is 1. The molecule has 6 nitrogen and oxygen atoms in total. The van der Waals surface area contributed by atoms with Gasteiger partial charge in [-0.05, 0) is 48.2 Å². The minimum Gasteiger partial charge on any atom is -0.327 e. The predicted octanol–water partition coefficient (Wildman–Crippen LogP) is 2.85. The summed E-state index contributed by atoms with van der Waals surface area (Å²) in [4.78, 5) is 7.59. The topological polar surface area (TPSA) is 73.7 Å². The van der Waals surface area contributed by atoms with E-state index in [9.17, 15) is 0 Å². The van der Waals surface area contributed by atoms with Crippen molar-refractivity contribution in [1.82, 2.24) is 19.0 Å². The van der Waals surface area contributed by atoms with Crippen LogP contribution in [0.2, 0.25) is 0 Å². The molecule has 0 saturated heterocycles. The van der Waals surface area contributed by atoms with Gasteiger partial charge in [-0.15, -0.1) is 0 Å². The fourth-order valence-electron chi connectivity index (χ4n) is 4.30. The van der Waals surface area contributed by atoms with Gasteiger partial charge in [0, 0.05) is 38.3 Å². The van der Waals surface area contributed by atoms with Crippen LogP contribution in [-0.4, -0.2) is 44.5 Å². The van der Waals surface area contributed by atoms with E-state index in [1.54, 1.807) is 6.07 Å². The highest BCUT2D eigenvalue weighted by Crippen LogP contribution is 2.29. The number of aromatic nitrogens is 3. The molecule has 0 unspecified atom stereocenters. The lowest BCUT2D eigenvalue weighted by Gasteiger charge is -2.36. The van der Waals surface area contributed by atoms with E-state index in [2.05, 4.69) is 27.7 Å².